The molecule has 0 amide bonds. The summed E-state index contributed by atoms with van der Waals surface area (Å²) in [7, 11) is 0. The summed E-state index contributed by atoms with van der Waals surface area (Å²) in [6, 6.07) is 2.01. The highest BCUT2D eigenvalue weighted by Crippen LogP contribution is 2.29. The Morgan fingerprint density at radius 3 is 2.67 bits per heavy atom. The molecule has 3 N–H and O–H groups in total. The molecular formula is C12H11F3N4OS. The number of thiocarbonyl (C=S) groups is 1. The highest BCUT2D eigenvalue weighted by molar-refractivity contribution is 7.80. The molecule has 0 aromatic carbocycles. The molecule has 2 aromatic heterocycles. The van der Waals surface area contributed by atoms with E-state index in [-0.39, 0.29) is 22.9 Å². The molecule has 0 bridgehead atoms. The molecule has 0 aliphatic rings. The van der Waals surface area contributed by atoms with Gasteiger partial charge in [0.05, 0.1) is 18.3 Å². The van der Waals surface area contributed by atoms with Gasteiger partial charge >= 0.3 is 6.18 Å². The highest BCUT2D eigenvalue weighted by atomic mass is 32.1. The molecule has 5 nitrogen and oxygen atoms in total. The van der Waals surface area contributed by atoms with Crippen molar-refractivity contribution in [3.8, 4) is 0 Å². The number of hydrogen-bond acceptors (Lipinski definition) is 5. The van der Waals surface area contributed by atoms with Crippen LogP contribution in [0.3, 0.4) is 0 Å². The van der Waals surface area contributed by atoms with Gasteiger partial charge in [0.25, 0.3) is 0 Å². The number of hydrogen-bond donors (Lipinski definition) is 2. The molecule has 0 aliphatic carbocycles. The van der Waals surface area contributed by atoms with E-state index in [4.69, 9.17) is 22.4 Å². The van der Waals surface area contributed by atoms with Crippen LogP contribution in [0.25, 0.3) is 0 Å². The maximum atomic E-state index is 12.7. The van der Waals surface area contributed by atoms with Crippen molar-refractivity contribution < 1.29 is 17.6 Å². The SMILES string of the molecule is Cc1cnc(CNc2nc(C(F)(F)F)ccc2C(N)=S)o1. The fourth-order valence-corrected chi connectivity index (χ4v) is 1.76. The second kappa shape index (κ2) is 5.68. The van der Waals surface area contributed by atoms with Crippen LogP contribution in [0.15, 0.2) is 22.7 Å². The molecule has 0 fully saturated rings. The van der Waals surface area contributed by atoms with Crippen molar-refractivity contribution in [3.63, 3.8) is 0 Å². The van der Waals surface area contributed by atoms with Gasteiger partial charge in [0.2, 0.25) is 5.89 Å². The maximum Gasteiger partial charge on any atom is 0.433 e. The van der Waals surface area contributed by atoms with E-state index in [2.05, 4.69) is 15.3 Å². The first-order chi connectivity index (χ1) is 9.77. The molecular weight excluding hydrogens is 305 g/mol. The number of alkyl halides is 3. The van der Waals surface area contributed by atoms with Crippen LogP contribution in [-0.2, 0) is 12.7 Å². The van der Waals surface area contributed by atoms with Gasteiger partial charge in [0.1, 0.15) is 22.3 Å². The summed E-state index contributed by atoms with van der Waals surface area (Å²) in [6.07, 6.45) is -3.05. The molecule has 0 aliphatic heterocycles. The van der Waals surface area contributed by atoms with Crippen molar-refractivity contribution >= 4 is 23.0 Å². The molecule has 0 unspecified atom stereocenters. The van der Waals surface area contributed by atoms with E-state index >= 15 is 0 Å². The number of rotatable bonds is 4. The van der Waals surface area contributed by atoms with Crippen molar-refractivity contribution in [1.29, 1.82) is 0 Å². The lowest BCUT2D eigenvalue weighted by Gasteiger charge is -2.12. The standard InChI is InChI=1S/C12H11F3N4OS/c1-6-4-17-9(20-6)5-18-11-7(10(16)21)2-3-8(19-11)12(13,14)15/h2-4H,5H2,1H3,(H2,16,21)(H,18,19). The van der Waals surface area contributed by atoms with Crippen molar-refractivity contribution in [2.45, 2.75) is 19.6 Å². The molecule has 0 radical (unpaired) electrons. The summed E-state index contributed by atoms with van der Waals surface area (Å²) in [5.74, 6) is 0.854. The summed E-state index contributed by atoms with van der Waals surface area (Å²) in [6.45, 7) is 1.78. The lowest BCUT2D eigenvalue weighted by molar-refractivity contribution is -0.141. The van der Waals surface area contributed by atoms with Crippen LogP contribution in [0.1, 0.15) is 22.9 Å². The lowest BCUT2D eigenvalue weighted by atomic mass is 10.2. The van der Waals surface area contributed by atoms with Crippen LogP contribution in [0.5, 0.6) is 0 Å². The average Bonchev–Trinajstić information content (AvgIpc) is 2.80. The van der Waals surface area contributed by atoms with Crippen molar-refractivity contribution in [1.82, 2.24) is 9.97 Å². The minimum Gasteiger partial charge on any atom is -0.444 e. The van der Waals surface area contributed by atoms with Crippen LogP contribution in [0.2, 0.25) is 0 Å². The molecule has 21 heavy (non-hydrogen) atoms. The minimum atomic E-state index is -4.55. The first-order valence-corrected chi connectivity index (χ1v) is 6.21. The Bertz CT molecular complexity index is 669. The largest absolute Gasteiger partial charge is 0.444 e. The first kappa shape index (κ1) is 15.2. The third-order valence-corrected chi connectivity index (χ3v) is 2.75. The fourth-order valence-electron chi connectivity index (χ4n) is 1.59. The van der Waals surface area contributed by atoms with E-state index in [0.717, 1.165) is 6.07 Å². The number of pyridine rings is 1. The highest BCUT2D eigenvalue weighted by Gasteiger charge is 2.33. The van der Waals surface area contributed by atoms with E-state index in [1.807, 2.05) is 0 Å². The maximum absolute atomic E-state index is 12.7. The van der Waals surface area contributed by atoms with Gasteiger partial charge in [0.15, 0.2) is 0 Å². The lowest BCUT2D eigenvalue weighted by Crippen LogP contribution is -2.17. The van der Waals surface area contributed by atoms with Crippen LogP contribution < -0.4 is 11.1 Å². The molecule has 9 heteroatoms. The minimum absolute atomic E-state index is 0.0534. The summed E-state index contributed by atoms with van der Waals surface area (Å²) >= 11 is 4.80. The zero-order chi connectivity index (χ0) is 15.6. The molecule has 2 rings (SSSR count). The van der Waals surface area contributed by atoms with E-state index in [0.29, 0.717) is 11.7 Å². The third kappa shape index (κ3) is 3.69. The van der Waals surface area contributed by atoms with E-state index in [9.17, 15) is 13.2 Å². The Morgan fingerprint density at radius 2 is 2.14 bits per heavy atom. The van der Waals surface area contributed by atoms with Crippen LogP contribution in [0.4, 0.5) is 19.0 Å². The van der Waals surface area contributed by atoms with Crippen LogP contribution in [-0.4, -0.2) is 15.0 Å². The second-order valence-electron chi connectivity index (χ2n) is 4.17. The Hall–Kier alpha value is -2.16. The normalized spacial score (nSPS) is 11.4. The molecule has 0 saturated carbocycles. The fraction of sp³-hybridized carbons (Fsp3) is 0.250. The second-order valence-corrected chi connectivity index (χ2v) is 4.61. The third-order valence-electron chi connectivity index (χ3n) is 2.53. The summed E-state index contributed by atoms with van der Waals surface area (Å²) in [5.41, 5.74) is 4.67. The molecule has 0 spiro atoms. The number of nitrogens with zero attached hydrogens (tertiary/aromatic N) is 2. The first-order valence-electron chi connectivity index (χ1n) is 5.80. The van der Waals surface area contributed by atoms with Crippen molar-refractivity contribution in [2.24, 2.45) is 5.73 Å². The molecule has 2 aromatic rings. The number of nitrogens with two attached hydrogens (primary N) is 1. The van der Waals surface area contributed by atoms with E-state index in [1.165, 1.54) is 12.3 Å². The van der Waals surface area contributed by atoms with Gasteiger partial charge in [-0.2, -0.15) is 13.2 Å². The van der Waals surface area contributed by atoms with Gasteiger partial charge in [0, 0.05) is 0 Å². The smallest absolute Gasteiger partial charge is 0.433 e. The van der Waals surface area contributed by atoms with Gasteiger partial charge in [-0.15, -0.1) is 0 Å². The zero-order valence-electron chi connectivity index (χ0n) is 10.9. The van der Waals surface area contributed by atoms with Gasteiger partial charge in [-0.1, -0.05) is 12.2 Å². The number of nitrogens with one attached hydrogen (secondary N) is 1. The van der Waals surface area contributed by atoms with Crippen molar-refractivity contribution in [3.05, 3.63) is 41.2 Å². The van der Waals surface area contributed by atoms with Gasteiger partial charge < -0.3 is 15.5 Å². The monoisotopic (exact) mass is 316 g/mol. The summed E-state index contributed by atoms with van der Waals surface area (Å²) < 4.78 is 43.3. The number of halogens is 3. The summed E-state index contributed by atoms with van der Waals surface area (Å²) in [4.78, 5) is 7.39. The zero-order valence-corrected chi connectivity index (χ0v) is 11.7. The molecule has 0 saturated heterocycles. The van der Waals surface area contributed by atoms with Crippen LogP contribution >= 0.6 is 12.2 Å². The molecule has 2 heterocycles. The van der Waals surface area contributed by atoms with Crippen molar-refractivity contribution in [2.75, 3.05) is 5.32 Å². The average molecular weight is 316 g/mol. The van der Waals surface area contributed by atoms with E-state index < -0.39 is 11.9 Å². The number of anilines is 1. The predicted octanol–water partition coefficient (Wildman–Crippen LogP) is 2.64. The molecule has 112 valence electrons. The summed E-state index contributed by atoms with van der Waals surface area (Å²) in [5, 5.41) is 2.70. The quantitative estimate of drug-likeness (QED) is 0.845. The van der Waals surface area contributed by atoms with E-state index in [1.54, 1.807) is 6.92 Å². The topological polar surface area (TPSA) is 77.0 Å². The number of aryl methyl sites for hydroxylation is 1. The van der Waals surface area contributed by atoms with Gasteiger partial charge in [-0.25, -0.2) is 9.97 Å². The number of aromatic nitrogens is 2. The predicted molar refractivity (Wildman–Crippen MR) is 73.7 cm³/mol. The number of oxazole rings is 1. The van der Waals surface area contributed by atoms with Gasteiger partial charge in [-0.3, -0.25) is 0 Å². The molecule has 0 atom stereocenters. The Kier molecular flexibility index (Phi) is 4.12. The Balaban J connectivity index is 2.28. The Labute approximate surface area is 123 Å². The Morgan fingerprint density at radius 1 is 1.43 bits per heavy atom. The van der Waals surface area contributed by atoms with Crippen LogP contribution in [0, 0.1) is 6.92 Å². The van der Waals surface area contributed by atoms with Gasteiger partial charge in [-0.05, 0) is 19.1 Å².